The van der Waals surface area contributed by atoms with Crippen molar-refractivity contribution in [3.05, 3.63) is 29.8 Å². The van der Waals surface area contributed by atoms with Crippen molar-refractivity contribution in [3.8, 4) is 0 Å². The molecule has 2 rings (SSSR count). The highest BCUT2D eigenvalue weighted by molar-refractivity contribution is 5.48. The summed E-state index contributed by atoms with van der Waals surface area (Å²) in [5.41, 5.74) is 11.0. The van der Waals surface area contributed by atoms with Crippen LogP contribution in [0.2, 0.25) is 0 Å². The zero-order chi connectivity index (χ0) is 11.4. The van der Waals surface area contributed by atoms with Crippen LogP contribution in [0.3, 0.4) is 0 Å². The van der Waals surface area contributed by atoms with Crippen LogP contribution < -0.4 is 17.0 Å². The molecule has 5 N–H and O–H groups in total. The van der Waals surface area contributed by atoms with Crippen molar-refractivity contribution in [1.82, 2.24) is 5.43 Å². The van der Waals surface area contributed by atoms with Gasteiger partial charge in [0.2, 0.25) is 0 Å². The first-order valence-corrected chi connectivity index (χ1v) is 6.13. The van der Waals surface area contributed by atoms with Crippen molar-refractivity contribution in [2.75, 3.05) is 5.73 Å². The molecule has 0 aliphatic heterocycles. The number of hydrazine groups is 1. The molecule has 1 fully saturated rings. The number of nitrogens with one attached hydrogen (secondary N) is 1. The summed E-state index contributed by atoms with van der Waals surface area (Å²) in [4.78, 5) is 0. The van der Waals surface area contributed by atoms with Gasteiger partial charge in [-0.25, -0.2) is 0 Å². The van der Waals surface area contributed by atoms with Crippen LogP contribution in [0.4, 0.5) is 5.69 Å². The van der Waals surface area contributed by atoms with E-state index < -0.39 is 0 Å². The molecule has 0 spiro atoms. The number of anilines is 1. The predicted octanol–water partition coefficient (Wildman–Crippen LogP) is 2.35. The Bertz CT molecular complexity index is 332. The lowest BCUT2D eigenvalue weighted by atomic mass is 9.81. The molecule has 3 nitrogen and oxygen atoms in total. The molecule has 1 aliphatic rings. The molecule has 1 atom stereocenters. The minimum absolute atomic E-state index is 0.210. The Kier molecular flexibility index (Phi) is 3.80. The minimum atomic E-state index is 0.210. The quantitative estimate of drug-likeness (QED) is 0.415. The number of hydrogen-bond donors (Lipinski definition) is 3. The molecule has 0 bridgehead atoms. The molecular weight excluding hydrogens is 198 g/mol. The Labute approximate surface area is 97.2 Å². The van der Waals surface area contributed by atoms with Gasteiger partial charge in [-0.15, -0.1) is 0 Å². The number of hydrogen-bond acceptors (Lipinski definition) is 3. The van der Waals surface area contributed by atoms with Crippen molar-refractivity contribution in [3.63, 3.8) is 0 Å². The molecule has 0 radical (unpaired) electrons. The third-order valence-corrected chi connectivity index (χ3v) is 3.63. The van der Waals surface area contributed by atoms with Gasteiger partial charge in [-0.1, -0.05) is 37.5 Å². The van der Waals surface area contributed by atoms with E-state index in [0.717, 1.165) is 11.3 Å². The third kappa shape index (κ3) is 2.36. The van der Waals surface area contributed by atoms with E-state index in [-0.39, 0.29) is 6.04 Å². The van der Waals surface area contributed by atoms with Crippen LogP contribution in [-0.4, -0.2) is 0 Å². The Hall–Kier alpha value is -1.06. The second-order valence-electron chi connectivity index (χ2n) is 4.67. The maximum atomic E-state index is 6.01. The zero-order valence-electron chi connectivity index (χ0n) is 9.65. The summed E-state index contributed by atoms with van der Waals surface area (Å²) in [5.74, 6) is 6.33. The SMILES string of the molecule is NNC(c1ccccc1N)C1CCCCC1. The number of nitrogen functional groups attached to an aromatic ring is 1. The van der Waals surface area contributed by atoms with E-state index in [1.165, 1.54) is 32.1 Å². The molecule has 0 aromatic heterocycles. The van der Waals surface area contributed by atoms with E-state index >= 15 is 0 Å². The van der Waals surface area contributed by atoms with E-state index in [0.29, 0.717) is 5.92 Å². The monoisotopic (exact) mass is 219 g/mol. The molecule has 1 unspecified atom stereocenters. The summed E-state index contributed by atoms with van der Waals surface area (Å²) < 4.78 is 0. The highest BCUT2D eigenvalue weighted by atomic mass is 15.2. The smallest absolute Gasteiger partial charge is 0.0508 e. The molecule has 1 aromatic rings. The topological polar surface area (TPSA) is 64.1 Å². The van der Waals surface area contributed by atoms with Gasteiger partial charge >= 0.3 is 0 Å². The first-order chi connectivity index (χ1) is 7.83. The summed E-state index contributed by atoms with van der Waals surface area (Å²) >= 11 is 0. The van der Waals surface area contributed by atoms with Gasteiger partial charge in [-0.3, -0.25) is 11.3 Å². The summed E-state index contributed by atoms with van der Waals surface area (Å²) in [6.07, 6.45) is 6.50. The molecule has 0 amide bonds. The summed E-state index contributed by atoms with van der Waals surface area (Å²) in [6.45, 7) is 0. The molecule has 1 aromatic carbocycles. The van der Waals surface area contributed by atoms with Crippen LogP contribution in [-0.2, 0) is 0 Å². The molecule has 0 heterocycles. The van der Waals surface area contributed by atoms with Crippen LogP contribution >= 0.6 is 0 Å². The maximum absolute atomic E-state index is 6.01. The molecule has 1 saturated carbocycles. The van der Waals surface area contributed by atoms with Crippen LogP contribution in [0, 0.1) is 5.92 Å². The standard InChI is InChI=1S/C13H21N3/c14-12-9-5-4-8-11(12)13(16-15)10-6-2-1-3-7-10/h4-5,8-10,13,16H,1-3,6-7,14-15H2. The third-order valence-electron chi connectivity index (χ3n) is 3.63. The van der Waals surface area contributed by atoms with Gasteiger partial charge in [-0.05, 0) is 30.4 Å². The van der Waals surface area contributed by atoms with Crippen molar-refractivity contribution in [2.24, 2.45) is 11.8 Å². The summed E-state index contributed by atoms with van der Waals surface area (Å²) in [6, 6.07) is 8.23. The molecule has 0 saturated heterocycles. The molecule has 3 heteroatoms. The number of nitrogens with two attached hydrogens (primary N) is 2. The van der Waals surface area contributed by atoms with E-state index in [1.807, 2.05) is 18.2 Å². The van der Waals surface area contributed by atoms with Gasteiger partial charge in [0, 0.05) is 5.69 Å². The van der Waals surface area contributed by atoms with Crippen LogP contribution in [0.5, 0.6) is 0 Å². The van der Waals surface area contributed by atoms with Gasteiger partial charge in [0.1, 0.15) is 0 Å². The first kappa shape index (κ1) is 11.4. The summed E-state index contributed by atoms with van der Waals surface area (Å²) in [5, 5.41) is 0. The number of para-hydroxylation sites is 1. The van der Waals surface area contributed by atoms with E-state index in [4.69, 9.17) is 11.6 Å². The molecule has 16 heavy (non-hydrogen) atoms. The molecule has 1 aliphatic carbocycles. The fourth-order valence-corrected chi connectivity index (χ4v) is 2.74. The maximum Gasteiger partial charge on any atom is 0.0508 e. The first-order valence-electron chi connectivity index (χ1n) is 6.13. The van der Waals surface area contributed by atoms with Crippen LogP contribution in [0.15, 0.2) is 24.3 Å². The lowest BCUT2D eigenvalue weighted by molar-refractivity contribution is 0.274. The van der Waals surface area contributed by atoms with Crippen molar-refractivity contribution < 1.29 is 0 Å². The Balaban J connectivity index is 2.18. The lowest BCUT2D eigenvalue weighted by Gasteiger charge is -2.30. The second-order valence-corrected chi connectivity index (χ2v) is 4.67. The van der Waals surface area contributed by atoms with Crippen LogP contribution in [0.1, 0.15) is 43.7 Å². The molecule has 88 valence electrons. The van der Waals surface area contributed by atoms with Crippen molar-refractivity contribution in [2.45, 2.75) is 38.1 Å². The van der Waals surface area contributed by atoms with Gasteiger partial charge in [0.15, 0.2) is 0 Å². The normalized spacial score (nSPS) is 19.6. The van der Waals surface area contributed by atoms with E-state index in [2.05, 4.69) is 11.5 Å². The zero-order valence-corrected chi connectivity index (χ0v) is 9.65. The molecular formula is C13H21N3. The highest BCUT2D eigenvalue weighted by Crippen LogP contribution is 2.35. The fourth-order valence-electron chi connectivity index (χ4n) is 2.74. The van der Waals surface area contributed by atoms with Crippen molar-refractivity contribution >= 4 is 5.69 Å². The van der Waals surface area contributed by atoms with Gasteiger partial charge in [-0.2, -0.15) is 0 Å². The lowest BCUT2D eigenvalue weighted by Crippen LogP contribution is -2.35. The fraction of sp³-hybridized carbons (Fsp3) is 0.538. The average Bonchev–Trinajstić information content (AvgIpc) is 2.34. The van der Waals surface area contributed by atoms with Crippen molar-refractivity contribution in [1.29, 1.82) is 0 Å². The predicted molar refractivity (Wildman–Crippen MR) is 67.5 cm³/mol. The van der Waals surface area contributed by atoms with Gasteiger partial charge in [0.05, 0.1) is 6.04 Å². The number of benzene rings is 1. The highest BCUT2D eigenvalue weighted by Gasteiger charge is 2.25. The summed E-state index contributed by atoms with van der Waals surface area (Å²) in [7, 11) is 0. The van der Waals surface area contributed by atoms with E-state index in [1.54, 1.807) is 0 Å². The Morgan fingerprint density at radius 2 is 1.81 bits per heavy atom. The largest absolute Gasteiger partial charge is 0.398 e. The van der Waals surface area contributed by atoms with Gasteiger partial charge < -0.3 is 5.73 Å². The number of rotatable bonds is 3. The van der Waals surface area contributed by atoms with Gasteiger partial charge in [0.25, 0.3) is 0 Å². The Morgan fingerprint density at radius 1 is 1.12 bits per heavy atom. The minimum Gasteiger partial charge on any atom is -0.398 e. The second kappa shape index (κ2) is 5.32. The Morgan fingerprint density at radius 3 is 2.44 bits per heavy atom. The average molecular weight is 219 g/mol. The van der Waals surface area contributed by atoms with E-state index in [9.17, 15) is 0 Å². The van der Waals surface area contributed by atoms with Crippen LogP contribution in [0.25, 0.3) is 0 Å².